The highest BCUT2D eigenvalue weighted by Crippen LogP contribution is 1.88. The Morgan fingerprint density at radius 2 is 2.36 bits per heavy atom. The fourth-order valence-electron chi connectivity index (χ4n) is 0.704. The fourth-order valence-corrected chi connectivity index (χ4v) is 0.704. The fraction of sp³-hybridized carbons (Fsp3) is 0.286. The molecule has 0 aliphatic heterocycles. The smallest absolute Gasteiger partial charge is 0.271 e. The molecule has 0 bridgehead atoms. The summed E-state index contributed by atoms with van der Waals surface area (Å²) in [6, 6.07) is 1.77. The summed E-state index contributed by atoms with van der Waals surface area (Å²) < 4.78 is 1.35. The molecular formula is C7H7N3O. The lowest BCUT2D eigenvalue weighted by Gasteiger charge is -1.99. The van der Waals surface area contributed by atoms with Crippen molar-refractivity contribution >= 4 is 0 Å². The van der Waals surface area contributed by atoms with Crippen molar-refractivity contribution in [1.29, 1.82) is 5.26 Å². The third-order valence-electron chi connectivity index (χ3n) is 1.52. The molecule has 0 spiro atoms. The van der Waals surface area contributed by atoms with Gasteiger partial charge in [0.15, 0.2) is 0 Å². The molecule has 0 amide bonds. The van der Waals surface area contributed by atoms with Crippen LogP contribution in [0.15, 0.2) is 11.0 Å². The van der Waals surface area contributed by atoms with Crippen LogP contribution in [0.2, 0.25) is 0 Å². The maximum atomic E-state index is 11.1. The zero-order chi connectivity index (χ0) is 8.43. The first-order valence-corrected chi connectivity index (χ1v) is 3.09. The van der Waals surface area contributed by atoms with E-state index in [9.17, 15) is 4.79 Å². The SMILES string of the molecule is Cc1ncc(C#N)c(=O)n1C. The zero-order valence-corrected chi connectivity index (χ0v) is 6.33. The van der Waals surface area contributed by atoms with Gasteiger partial charge in [0.2, 0.25) is 0 Å². The van der Waals surface area contributed by atoms with Crippen molar-refractivity contribution in [2.24, 2.45) is 7.05 Å². The van der Waals surface area contributed by atoms with Gasteiger partial charge in [-0.1, -0.05) is 0 Å². The summed E-state index contributed by atoms with van der Waals surface area (Å²) in [7, 11) is 1.59. The minimum Gasteiger partial charge on any atom is -0.299 e. The highest BCUT2D eigenvalue weighted by atomic mass is 16.1. The van der Waals surface area contributed by atoms with Gasteiger partial charge in [-0.2, -0.15) is 5.26 Å². The third kappa shape index (κ3) is 1.13. The lowest BCUT2D eigenvalue weighted by molar-refractivity contribution is 0.770. The average Bonchev–Trinajstić information content (AvgIpc) is 2.01. The van der Waals surface area contributed by atoms with E-state index in [0.29, 0.717) is 5.82 Å². The van der Waals surface area contributed by atoms with E-state index in [1.54, 1.807) is 20.0 Å². The van der Waals surface area contributed by atoms with Gasteiger partial charge in [-0.05, 0) is 6.92 Å². The monoisotopic (exact) mass is 149 g/mol. The molecule has 1 aromatic rings. The van der Waals surface area contributed by atoms with E-state index in [-0.39, 0.29) is 11.1 Å². The second kappa shape index (κ2) is 2.54. The van der Waals surface area contributed by atoms with Crippen molar-refractivity contribution in [1.82, 2.24) is 9.55 Å². The van der Waals surface area contributed by atoms with E-state index in [4.69, 9.17) is 5.26 Å². The maximum absolute atomic E-state index is 11.1. The Morgan fingerprint density at radius 1 is 1.73 bits per heavy atom. The summed E-state index contributed by atoms with van der Waals surface area (Å²) in [5.74, 6) is 0.606. The van der Waals surface area contributed by atoms with Crippen molar-refractivity contribution in [2.75, 3.05) is 0 Å². The van der Waals surface area contributed by atoms with Crippen LogP contribution in [0.1, 0.15) is 11.4 Å². The second-order valence-corrected chi connectivity index (χ2v) is 2.20. The van der Waals surface area contributed by atoms with Gasteiger partial charge in [0.1, 0.15) is 17.5 Å². The van der Waals surface area contributed by atoms with Crippen molar-refractivity contribution in [2.45, 2.75) is 6.92 Å². The molecule has 56 valence electrons. The molecule has 11 heavy (non-hydrogen) atoms. The van der Waals surface area contributed by atoms with Gasteiger partial charge >= 0.3 is 0 Å². The summed E-state index contributed by atoms with van der Waals surface area (Å²) in [4.78, 5) is 15.0. The van der Waals surface area contributed by atoms with Gasteiger partial charge in [0.25, 0.3) is 5.56 Å². The first kappa shape index (κ1) is 7.48. The Hall–Kier alpha value is -1.63. The topological polar surface area (TPSA) is 58.7 Å². The van der Waals surface area contributed by atoms with Crippen molar-refractivity contribution in [3.05, 3.63) is 27.9 Å². The van der Waals surface area contributed by atoms with E-state index in [1.807, 2.05) is 0 Å². The van der Waals surface area contributed by atoms with Crippen LogP contribution in [-0.2, 0) is 7.05 Å². The van der Waals surface area contributed by atoms with Crippen molar-refractivity contribution < 1.29 is 0 Å². The number of nitrogens with zero attached hydrogens (tertiary/aromatic N) is 3. The van der Waals surface area contributed by atoms with Gasteiger partial charge in [-0.15, -0.1) is 0 Å². The normalized spacial score (nSPS) is 9.18. The van der Waals surface area contributed by atoms with E-state index >= 15 is 0 Å². The van der Waals surface area contributed by atoms with Gasteiger partial charge in [-0.3, -0.25) is 9.36 Å². The highest BCUT2D eigenvalue weighted by molar-refractivity contribution is 5.22. The van der Waals surface area contributed by atoms with E-state index in [1.165, 1.54) is 10.8 Å². The van der Waals surface area contributed by atoms with Crippen LogP contribution in [0, 0.1) is 18.3 Å². The molecule has 0 fully saturated rings. The molecule has 0 saturated heterocycles. The molecule has 1 aromatic heterocycles. The minimum absolute atomic E-state index is 0.0816. The Balaban J connectivity index is 3.53. The molecule has 0 saturated carbocycles. The average molecular weight is 149 g/mol. The molecule has 0 aliphatic rings. The molecule has 1 rings (SSSR count). The van der Waals surface area contributed by atoms with Crippen LogP contribution in [0.5, 0.6) is 0 Å². The molecule has 1 heterocycles. The molecule has 4 heteroatoms. The van der Waals surface area contributed by atoms with Crippen LogP contribution < -0.4 is 5.56 Å². The van der Waals surface area contributed by atoms with Crippen LogP contribution in [0.25, 0.3) is 0 Å². The molecule has 0 radical (unpaired) electrons. The molecule has 0 unspecified atom stereocenters. The molecule has 0 N–H and O–H groups in total. The summed E-state index contributed by atoms with van der Waals surface area (Å²) in [6.07, 6.45) is 1.29. The molecular weight excluding hydrogens is 142 g/mol. The summed E-state index contributed by atoms with van der Waals surface area (Å²) in [6.45, 7) is 1.71. The number of hydrogen-bond donors (Lipinski definition) is 0. The molecule has 0 atom stereocenters. The Kier molecular flexibility index (Phi) is 1.73. The molecule has 0 aromatic carbocycles. The van der Waals surface area contributed by atoms with Crippen molar-refractivity contribution in [3.8, 4) is 6.07 Å². The zero-order valence-electron chi connectivity index (χ0n) is 6.33. The number of hydrogen-bond acceptors (Lipinski definition) is 3. The van der Waals surface area contributed by atoms with Crippen LogP contribution in [-0.4, -0.2) is 9.55 Å². The van der Waals surface area contributed by atoms with Crippen LogP contribution in [0.3, 0.4) is 0 Å². The number of aromatic nitrogens is 2. The lowest BCUT2D eigenvalue weighted by Crippen LogP contribution is -2.22. The van der Waals surface area contributed by atoms with Gasteiger partial charge in [-0.25, -0.2) is 4.98 Å². The van der Waals surface area contributed by atoms with Crippen LogP contribution in [0.4, 0.5) is 0 Å². The van der Waals surface area contributed by atoms with Crippen LogP contribution >= 0.6 is 0 Å². The Morgan fingerprint density at radius 3 is 2.91 bits per heavy atom. The molecule has 0 aliphatic carbocycles. The first-order chi connectivity index (χ1) is 5.16. The lowest BCUT2D eigenvalue weighted by atomic mass is 10.3. The predicted molar refractivity (Wildman–Crippen MR) is 38.9 cm³/mol. The number of aryl methyl sites for hydroxylation is 1. The number of rotatable bonds is 0. The highest BCUT2D eigenvalue weighted by Gasteiger charge is 2.01. The Labute approximate surface area is 63.7 Å². The quantitative estimate of drug-likeness (QED) is 0.520. The summed E-state index contributed by atoms with van der Waals surface area (Å²) in [5.41, 5.74) is -0.210. The van der Waals surface area contributed by atoms with Gasteiger partial charge in [0, 0.05) is 7.05 Å². The van der Waals surface area contributed by atoms with E-state index < -0.39 is 0 Å². The second-order valence-electron chi connectivity index (χ2n) is 2.20. The predicted octanol–water partition coefficient (Wildman–Crippen LogP) is -0.0396. The van der Waals surface area contributed by atoms with Crippen molar-refractivity contribution in [3.63, 3.8) is 0 Å². The largest absolute Gasteiger partial charge is 0.299 e. The van der Waals surface area contributed by atoms with Gasteiger partial charge in [0.05, 0.1) is 6.20 Å². The maximum Gasteiger partial charge on any atom is 0.271 e. The standard InChI is InChI=1S/C7H7N3O/c1-5-9-4-6(3-8)7(11)10(5)2/h4H,1-2H3. The summed E-state index contributed by atoms with van der Waals surface area (Å²) in [5, 5.41) is 8.43. The Bertz CT molecular complexity index is 372. The minimum atomic E-state index is -0.292. The first-order valence-electron chi connectivity index (χ1n) is 3.09. The van der Waals surface area contributed by atoms with Gasteiger partial charge < -0.3 is 0 Å². The van der Waals surface area contributed by atoms with E-state index in [2.05, 4.69) is 4.98 Å². The number of nitriles is 1. The third-order valence-corrected chi connectivity index (χ3v) is 1.52. The van der Waals surface area contributed by atoms with E-state index in [0.717, 1.165) is 0 Å². The summed E-state index contributed by atoms with van der Waals surface area (Å²) >= 11 is 0. The molecule has 4 nitrogen and oxygen atoms in total.